The molecule has 0 atom stereocenters. The van der Waals surface area contributed by atoms with Gasteiger partial charge in [-0.1, -0.05) is 0 Å². The Morgan fingerprint density at radius 1 is 1.22 bits per heavy atom. The van der Waals surface area contributed by atoms with Gasteiger partial charge >= 0.3 is 0 Å². The van der Waals surface area contributed by atoms with E-state index in [1.807, 2.05) is 0 Å². The SMILES string of the molecule is Cc1cc(S(N)(=O)=O)cc(S(=O)(=O)O)c1CC[O]. The van der Waals surface area contributed by atoms with Gasteiger partial charge in [-0.3, -0.25) is 4.55 Å². The number of sulfonamides is 1. The van der Waals surface area contributed by atoms with Gasteiger partial charge in [0.25, 0.3) is 10.1 Å². The Bertz CT molecular complexity index is 663. The van der Waals surface area contributed by atoms with Crippen molar-refractivity contribution >= 4 is 20.1 Å². The number of nitrogens with two attached hydrogens (primary N) is 1. The van der Waals surface area contributed by atoms with Gasteiger partial charge in [0, 0.05) is 6.42 Å². The zero-order valence-corrected chi connectivity index (χ0v) is 11.1. The molecule has 7 nitrogen and oxygen atoms in total. The van der Waals surface area contributed by atoms with Crippen molar-refractivity contribution in [3.8, 4) is 0 Å². The van der Waals surface area contributed by atoms with Crippen molar-refractivity contribution in [1.29, 1.82) is 0 Å². The first-order valence-corrected chi connectivity index (χ1v) is 7.78. The van der Waals surface area contributed by atoms with Crippen molar-refractivity contribution in [2.75, 3.05) is 6.61 Å². The van der Waals surface area contributed by atoms with Gasteiger partial charge in [-0.05, 0) is 30.2 Å². The van der Waals surface area contributed by atoms with E-state index in [9.17, 15) is 21.9 Å². The number of rotatable bonds is 4. The van der Waals surface area contributed by atoms with E-state index in [4.69, 9.17) is 9.69 Å². The zero-order valence-electron chi connectivity index (χ0n) is 9.45. The van der Waals surface area contributed by atoms with Crippen LogP contribution in [0.5, 0.6) is 0 Å². The summed E-state index contributed by atoms with van der Waals surface area (Å²) in [6, 6.07) is 1.91. The summed E-state index contributed by atoms with van der Waals surface area (Å²) in [4.78, 5) is -1.02. The van der Waals surface area contributed by atoms with E-state index in [1.54, 1.807) is 0 Å². The second-order valence-electron chi connectivity index (χ2n) is 3.69. The van der Waals surface area contributed by atoms with Crippen LogP contribution in [0.3, 0.4) is 0 Å². The summed E-state index contributed by atoms with van der Waals surface area (Å²) in [5.74, 6) is 0. The summed E-state index contributed by atoms with van der Waals surface area (Å²) < 4.78 is 53.7. The first-order valence-electron chi connectivity index (χ1n) is 4.79. The van der Waals surface area contributed by atoms with Crippen LogP contribution in [-0.2, 0) is 31.7 Å². The fourth-order valence-corrected chi connectivity index (χ4v) is 3.12. The highest BCUT2D eigenvalue weighted by molar-refractivity contribution is 7.89. The van der Waals surface area contributed by atoms with Crippen LogP contribution in [0.25, 0.3) is 0 Å². The van der Waals surface area contributed by atoms with E-state index in [-0.39, 0.29) is 17.5 Å². The topological polar surface area (TPSA) is 134 Å². The molecule has 9 heteroatoms. The monoisotopic (exact) mass is 294 g/mol. The fourth-order valence-electron chi connectivity index (χ4n) is 1.57. The summed E-state index contributed by atoms with van der Waals surface area (Å²) in [6.07, 6.45) is -0.133. The molecule has 101 valence electrons. The molecule has 0 amide bonds. The fraction of sp³-hybridized carbons (Fsp3) is 0.333. The van der Waals surface area contributed by atoms with Crippen LogP contribution >= 0.6 is 0 Å². The van der Waals surface area contributed by atoms with Gasteiger partial charge in [-0.15, -0.1) is 0 Å². The minimum absolute atomic E-state index is 0.0971. The first kappa shape index (κ1) is 15.1. The lowest BCUT2D eigenvalue weighted by Crippen LogP contribution is -2.15. The predicted molar refractivity (Wildman–Crippen MR) is 61.6 cm³/mol. The lowest BCUT2D eigenvalue weighted by Gasteiger charge is -2.11. The molecule has 0 aliphatic heterocycles. The average Bonchev–Trinajstić information content (AvgIpc) is 2.17. The maximum atomic E-state index is 11.2. The number of hydrogen-bond donors (Lipinski definition) is 2. The summed E-state index contributed by atoms with van der Waals surface area (Å²) in [6.45, 7) is 0.854. The molecule has 0 spiro atoms. The molecule has 0 heterocycles. The van der Waals surface area contributed by atoms with Crippen molar-refractivity contribution in [3.63, 3.8) is 0 Å². The molecular formula is C9H12NO6S2. The molecule has 1 radical (unpaired) electrons. The van der Waals surface area contributed by atoms with E-state index in [0.29, 0.717) is 0 Å². The average molecular weight is 294 g/mol. The molecule has 1 rings (SSSR count). The van der Waals surface area contributed by atoms with Gasteiger partial charge in [0.1, 0.15) is 0 Å². The number of aryl methyl sites for hydroxylation is 1. The van der Waals surface area contributed by atoms with Crippen LogP contribution in [0.2, 0.25) is 0 Å². The molecule has 1 aromatic rings. The smallest absolute Gasteiger partial charge is 0.282 e. The van der Waals surface area contributed by atoms with Gasteiger partial charge in [0.05, 0.1) is 16.4 Å². The van der Waals surface area contributed by atoms with Crippen molar-refractivity contribution < 1.29 is 26.5 Å². The van der Waals surface area contributed by atoms with E-state index in [0.717, 1.165) is 12.1 Å². The first-order chi connectivity index (χ1) is 8.07. The van der Waals surface area contributed by atoms with Gasteiger partial charge in [-0.2, -0.15) is 8.42 Å². The standard InChI is InChI=1S/C9H12NO6S2/c1-6-4-7(17(10,12)13)5-9(18(14,15)16)8(6)2-3-11/h4-5H,2-3H2,1H3,(H2,10,12,13)(H,14,15,16). The van der Waals surface area contributed by atoms with E-state index < -0.39 is 36.5 Å². The highest BCUT2D eigenvalue weighted by atomic mass is 32.2. The number of hydrogen-bond acceptors (Lipinski definition) is 4. The summed E-state index contributed by atoms with van der Waals surface area (Å²) in [5, 5.41) is 15.5. The second kappa shape index (κ2) is 4.94. The van der Waals surface area contributed by atoms with Crippen molar-refractivity contribution in [2.24, 2.45) is 5.14 Å². The maximum Gasteiger partial charge on any atom is 0.294 e. The Balaban J connectivity index is 3.69. The third-order valence-corrected chi connectivity index (χ3v) is 4.18. The minimum Gasteiger partial charge on any atom is -0.282 e. The van der Waals surface area contributed by atoms with Crippen molar-refractivity contribution in [2.45, 2.75) is 23.1 Å². The van der Waals surface area contributed by atoms with Crippen LogP contribution in [0.15, 0.2) is 21.9 Å². The molecular weight excluding hydrogens is 282 g/mol. The van der Waals surface area contributed by atoms with Gasteiger partial charge in [0.15, 0.2) is 0 Å². The molecule has 0 unspecified atom stereocenters. The molecule has 18 heavy (non-hydrogen) atoms. The second-order valence-corrected chi connectivity index (χ2v) is 6.64. The Labute approximate surface area is 105 Å². The lowest BCUT2D eigenvalue weighted by molar-refractivity contribution is 0.196. The third kappa shape index (κ3) is 3.27. The Morgan fingerprint density at radius 2 is 1.78 bits per heavy atom. The van der Waals surface area contributed by atoms with Crippen LogP contribution in [0, 0.1) is 6.92 Å². The molecule has 0 fully saturated rings. The number of benzene rings is 1. The van der Waals surface area contributed by atoms with E-state index >= 15 is 0 Å². The largest absolute Gasteiger partial charge is 0.294 e. The van der Waals surface area contributed by atoms with Crippen molar-refractivity contribution in [3.05, 3.63) is 23.3 Å². The number of primary sulfonamides is 1. The molecule has 0 aliphatic carbocycles. The molecule has 3 N–H and O–H groups in total. The molecule has 1 aromatic carbocycles. The normalized spacial score (nSPS) is 12.7. The lowest BCUT2D eigenvalue weighted by atomic mass is 10.1. The molecule has 0 saturated heterocycles. The van der Waals surface area contributed by atoms with Crippen LogP contribution < -0.4 is 5.14 Å². The van der Waals surface area contributed by atoms with E-state index in [2.05, 4.69) is 0 Å². The highest BCUT2D eigenvalue weighted by Crippen LogP contribution is 2.24. The highest BCUT2D eigenvalue weighted by Gasteiger charge is 2.21. The third-order valence-electron chi connectivity index (χ3n) is 2.36. The Morgan fingerprint density at radius 3 is 2.17 bits per heavy atom. The van der Waals surface area contributed by atoms with Crippen LogP contribution in [-0.4, -0.2) is 28.0 Å². The molecule has 0 aliphatic rings. The van der Waals surface area contributed by atoms with Gasteiger partial charge in [0.2, 0.25) is 10.0 Å². The minimum atomic E-state index is -4.62. The summed E-state index contributed by atoms with van der Waals surface area (Å²) in [7, 11) is -8.71. The van der Waals surface area contributed by atoms with Crippen LogP contribution in [0.4, 0.5) is 0 Å². The van der Waals surface area contributed by atoms with E-state index in [1.165, 1.54) is 6.92 Å². The Kier molecular flexibility index (Phi) is 4.13. The molecule has 0 saturated carbocycles. The Hall–Kier alpha value is -1.00. The molecule has 0 aromatic heterocycles. The van der Waals surface area contributed by atoms with Crippen LogP contribution in [0.1, 0.15) is 11.1 Å². The predicted octanol–water partition coefficient (Wildman–Crippen LogP) is -0.138. The summed E-state index contributed by atoms with van der Waals surface area (Å²) >= 11 is 0. The molecule has 0 bridgehead atoms. The quantitative estimate of drug-likeness (QED) is 0.745. The van der Waals surface area contributed by atoms with Gasteiger partial charge < -0.3 is 0 Å². The zero-order chi connectivity index (χ0) is 14.1. The van der Waals surface area contributed by atoms with Gasteiger partial charge in [-0.25, -0.2) is 18.7 Å². The summed E-state index contributed by atoms with van der Waals surface area (Å²) in [5.41, 5.74) is 0.366. The maximum absolute atomic E-state index is 11.2. The van der Waals surface area contributed by atoms with Crippen molar-refractivity contribution in [1.82, 2.24) is 0 Å².